The number of hydrogen-bond donors (Lipinski definition) is 1. The van der Waals surface area contributed by atoms with E-state index in [0.717, 1.165) is 17.1 Å². The van der Waals surface area contributed by atoms with Gasteiger partial charge in [-0.1, -0.05) is 18.2 Å². The Bertz CT molecular complexity index is 897. The van der Waals surface area contributed by atoms with Crippen molar-refractivity contribution in [3.63, 3.8) is 0 Å². The summed E-state index contributed by atoms with van der Waals surface area (Å²) in [6.07, 6.45) is 0. The predicted molar refractivity (Wildman–Crippen MR) is 90.6 cm³/mol. The number of azo groups is 1. The van der Waals surface area contributed by atoms with Crippen molar-refractivity contribution in [3.05, 3.63) is 71.5 Å². The molecule has 0 spiro atoms. The Morgan fingerprint density at radius 3 is 2.29 bits per heavy atom. The third-order valence-corrected chi connectivity index (χ3v) is 3.63. The van der Waals surface area contributed by atoms with Gasteiger partial charge in [-0.15, -0.1) is 5.11 Å². The SMILES string of the molecule is Cc1nn(-c2ccccc2)c(C)c1N=Nc1ccc(C(=O)O)cc1. The van der Waals surface area contributed by atoms with Crippen LogP contribution in [0.1, 0.15) is 21.7 Å². The van der Waals surface area contributed by atoms with Crippen LogP contribution in [-0.4, -0.2) is 20.9 Å². The van der Waals surface area contributed by atoms with E-state index in [1.165, 1.54) is 12.1 Å². The summed E-state index contributed by atoms with van der Waals surface area (Å²) < 4.78 is 1.83. The molecular formula is C18H16N4O2. The van der Waals surface area contributed by atoms with Gasteiger partial charge in [0.2, 0.25) is 0 Å². The predicted octanol–water partition coefficient (Wildman–Crippen LogP) is 4.60. The molecule has 6 nitrogen and oxygen atoms in total. The minimum atomic E-state index is -0.964. The number of para-hydroxylation sites is 1. The first-order valence-electron chi connectivity index (χ1n) is 7.43. The number of nitrogens with zero attached hydrogens (tertiary/aromatic N) is 4. The Balaban J connectivity index is 1.90. The zero-order chi connectivity index (χ0) is 17.1. The summed E-state index contributed by atoms with van der Waals surface area (Å²) in [4.78, 5) is 10.9. The van der Waals surface area contributed by atoms with Gasteiger partial charge in [0.05, 0.1) is 28.3 Å². The normalized spacial score (nSPS) is 11.1. The zero-order valence-corrected chi connectivity index (χ0v) is 13.3. The summed E-state index contributed by atoms with van der Waals surface area (Å²) >= 11 is 0. The third kappa shape index (κ3) is 3.08. The molecule has 0 atom stereocenters. The Morgan fingerprint density at radius 2 is 1.67 bits per heavy atom. The van der Waals surface area contributed by atoms with Crippen LogP contribution in [0.4, 0.5) is 11.4 Å². The summed E-state index contributed by atoms with van der Waals surface area (Å²) in [5.74, 6) is -0.964. The number of aromatic carboxylic acids is 1. The maximum absolute atomic E-state index is 10.9. The molecule has 2 aromatic carbocycles. The smallest absolute Gasteiger partial charge is 0.335 e. The van der Waals surface area contributed by atoms with Crippen molar-refractivity contribution >= 4 is 17.3 Å². The molecule has 0 bridgehead atoms. The van der Waals surface area contributed by atoms with Gasteiger partial charge >= 0.3 is 5.97 Å². The van der Waals surface area contributed by atoms with Crippen LogP contribution in [0.2, 0.25) is 0 Å². The maximum Gasteiger partial charge on any atom is 0.335 e. The maximum atomic E-state index is 10.9. The lowest BCUT2D eigenvalue weighted by Gasteiger charge is -2.03. The van der Waals surface area contributed by atoms with Crippen molar-refractivity contribution in [2.24, 2.45) is 10.2 Å². The highest BCUT2D eigenvalue weighted by Gasteiger charge is 2.12. The van der Waals surface area contributed by atoms with Gasteiger partial charge in [0.25, 0.3) is 0 Å². The molecule has 120 valence electrons. The molecule has 0 aliphatic rings. The molecule has 1 N–H and O–H groups in total. The average molecular weight is 320 g/mol. The Morgan fingerprint density at radius 1 is 1.00 bits per heavy atom. The van der Waals surface area contributed by atoms with Gasteiger partial charge in [-0.3, -0.25) is 0 Å². The van der Waals surface area contributed by atoms with Gasteiger partial charge in [-0.2, -0.15) is 10.2 Å². The first kappa shape index (κ1) is 15.6. The second-order valence-electron chi connectivity index (χ2n) is 5.32. The molecule has 0 amide bonds. The molecule has 0 radical (unpaired) electrons. The summed E-state index contributed by atoms with van der Waals surface area (Å²) in [5.41, 5.74) is 4.16. The van der Waals surface area contributed by atoms with Crippen molar-refractivity contribution in [3.8, 4) is 5.69 Å². The van der Waals surface area contributed by atoms with Crippen molar-refractivity contribution in [2.75, 3.05) is 0 Å². The van der Waals surface area contributed by atoms with Crippen LogP contribution in [0.15, 0.2) is 64.8 Å². The van der Waals surface area contributed by atoms with Crippen LogP contribution in [0, 0.1) is 13.8 Å². The van der Waals surface area contributed by atoms with E-state index >= 15 is 0 Å². The lowest BCUT2D eigenvalue weighted by molar-refractivity contribution is 0.0697. The van der Waals surface area contributed by atoms with Gasteiger partial charge < -0.3 is 5.11 Å². The van der Waals surface area contributed by atoms with Crippen LogP contribution in [-0.2, 0) is 0 Å². The third-order valence-electron chi connectivity index (χ3n) is 3.63. The van der Waals surface area contributed by atoms with Crippen molar-refractivity contribution in [1.29, 1.82) is 0 Å². The molecule has 3 aromatic rings. The fourth-order valence-corrected chi connectivity index (χ4v) is 2.38. The largest absolute Gasteiger partial charge is 0.478 e. The molecule has 0 aliphatic carbocycles. The Kier molecular flexibility index (Phi) is 4.20. The zero-order valence-electron chi connectivity index (χ0n) is 13.3. The number of hydrogen-bond acceptors (Lipinski definition) is 4. The number of carbonyl (C=O) groups is 1. The summed E-state index contributed by atoms with van der Waals surface area (Å²) in [6, 6.07) is 16.1. The van der Waals surface area contributed by atoms with Gasteiger partial charge in [0.1, 0.15) is 5.69 Å². The number of rotatable bonds is 4. The molecular weight excluding hydrogens is 304 g/mol. The summed E-state index contributed by atoms with van der Waals surface area (Å²) in [7, 11) is 0. The van der Waals surface area contributed by atoms with Gasteiger partial charge in [-0.25, -0.2) is 9.48 Å². The Hall–Kier alpha value is -3.28. The summed E-state index contributed by atoms with van der Waals surface area (Å²) in [5, 5.41) is 21.9. The molecule has 1 heterocycles. The molecule has 0 unspecified atom stereocenters. The van der Waals surface area contributed by atoms with E-state index in [1.54, 1.807) is 12.1 Å². The number of carboxylic acid groups (broad SMARTS) is 1. The number of benzene rings is 2. The molecule has 0 fully saturated rings. The fraction of sp³-hybridized carbons (Fsp3) is 0.111. The molecule has 6 heteroatoms. The highest BCUT2D eigenvalue weighted by Crippen LogP contribution is 2.27. The molecule has 0 saturated heterocycles. The minimum Gasteiger partial charge on any atom is -0.478 e. The molecule has 1 aromatic heterocycles. The molecule has 0 saturated carbocycles. The second-order valence-corrected chi connectivity index (χ2v) is 5.32. The van der Waals surface area contributed by atoms with Gasteiger partial charge in [0.15, 0.2) is 0 Å². The van der Waals surface area contributed by atoms with E-state index in [0.29, 0.717) is 11.4 Å². The van der Waals surface area contributed by atoms with Gasteiger partial charge in [-0.05, 0) is 50.2 Å². The van der Waals surface area contributed by atoms with E-state index in [-0.39, 0.29) is 5.56 Å². The van der Waals surface area contributed by atoms with Gasteiger partial charge in [0, 0.05) is 0 Å². The first-order valence-corrected chi connectivity index (χ1v) is 7.43. The molecule has 0 aliphatic heterocycles. The Labute approximate surface area is 139 Å². The van der Waals surface area contributed by atoms with E-state index < -0.39 is 5.97 Å². The van der Waals surface area contributed by atoms with E-state index in [9.17, 15) is 4.79 Å². The monoisotopic (exact) mass is 320 g/mol. The highest BCUT2D eigenvalue weighted by molar-refractivity contribution is 5.87. The van der Waals surface area contributed by atoms with Crippen molar-refractivity contribution in [1.82, 2.24) is 9.78 Å². The van der Waals surface area contributed by atoms with E-state index in [4.69, 9.17) is 5.11 Å². The van der Waals surface area contributed by atoms with E-state index in [1.807, 2.05) is 48.9 Å². The lowest BCUT2D eigenvalue weighted by Crippen LogP contribution is -1.98. The topological polar surface area (TPSA) is 79.8 Å². The van der Waals surface area contributed by atoms with Crippen LogP contribution in [0.5, 0.6) is 0 Å². The quantitative estimate of drug-likeness (QED) is 0.713. The van der Waals surface area contributed by atoms with Crippen molar-refractivity contribution < 1.29 is 9.90 Å². The van der Waals surface area contributed by atoms with Crippen LogP contribution < -0.4 is 0 Å². The fourth-order valence-electron chi connectivity index (χ4n) is 2.38. The molecule has 3 rings (SSSR count). The minimum absolute atomic E-state index is 0.221. The van der Waals surface area contributed by atoms with Crippen LogP contribution >= 0.6 is 0 Å². The highest BCUT2D eigenvalue weighted by atomic mass is 16.4. The number of aryl methyl sites for hydroxylation is 1. The summed E-state index contributed by atoms with van der Waals surface area (Å²) in [6.45, 7) is 3.82. The second kappa shape index (κ2) is 6.45. The lowest BCUT2D eigenvalue weighted by atomic mass is 10.2. The standard InChI is InChI=1S/C18H16N4O2/c1-12-17(13(2)22(21-12)16-6-4-3-5-7-16)20-19-15-10-8-14(9-11-15)18(23)24/h3-11H,1-2H3,(H,23,24). The average Bonchev–Trinajstić information content (AvgIpc) is 2.88. The van der Waals surface area contributed by atoms with Crippen LogP contribution in [0.3, 0.4) is 0 Å². The number of carboxylic acids is 1. The first-order chi connectivity index (χ1) is 11.6. The molecule has 24 heavy (non-hydrogen) atoms. The van der Waals surface area contributed by atoms with Crippen molar-refractivity contribution in [2.45, 2.75) is 13.8 Å². The van der Waals surface area contributed by atoms with Crippen LogP contribution in [0.25, 0.3) is 5.69 Å². The number of aromatic nitrogens is 2. The van der Waals surface area contributed by atoms with E-state index in [2.05, 4.69) is 15.3 Å².